The first-order chi connectivity index (χ1) is 7.11. The smallest absolute Gasteiger partial charge is 0.327 e. The Bertz CT molecular complexity index is 309. The number of ether oxygens (including phenoxy) is 1. The summed E-state index contributed by atoms with van der Waals surface area (Å²) in [6.07, 6.45) is 0. The summed E-state index contributed by atoms with van der Waals surface area (Å²) in [6, 6.07) is 8.55. The Morgan fingerprint density at radius 1 is 1.33 bits per heavy atom. The van der Waals surface area contributed by atoms with E-state index in [1.807, 2.05) is 44.2 Å². The van der Waals surface area contributed by atoms with Crippen LogP contribution in [0, 0.1) is 5.92 Å². The molecule has 3 nitrogen and oxygen atoms in total. The SMILES string of the molecule is CC(C)COC(=O)[C@H](N)c1ccccc1. The summed E-state index contributed by atoms with van der Waals surface area (Å²) in [4.78, 5) is 11.5. The summed E-state index contributed by atoms with van der Waals surface area (Å²) >= 11 is 0. The highest BCUT2D eigenvalue weighted by Crippen LogP contribution is 2.11. The number of carbonyl (C=O) groups excluding carboxylic acids is 1. The second kappa shape index (κ2) is 5.51. The first kappa shape index (κ1) is 11.7. The van der Waals surface area contributed by atoms with Crippen LogP contribution in [-0.4, -0.2) is 12.6 Å². The summed E-state index contributed by atoms with van der Waals surface area (Å²) in [5, 5.41) is 0. The molecule has 1 aromatic rings. The van der Waals surface area contributed by atoms with Crippen LogP contribution in [0.4, 0.5) is 0 Å². The van der Waals surface area contributed by atoms with Crippen LogP contribution in [0.2, 0.25) is 0 Å². The molecule has 0 saturated heterocycles. The average molecular weight is 207 g/mol. The molecule has 0 fully saturated rings. The molecule has 0 aliphatic carbocycles. The lowest BCUT2D eigenvalue weighted by molar-refractivity contribution is -0.146. The van der Waals surface area contributed by atoms with Gasteiger partial charge in [0.2, 0.25) is 0 Å². The van der Waals surface area contributed by atoms with Gasteiger partial charge < -0.3 is 10.5 Å². The zero-order valence-corrected chi connectivity index (χ0v) is 9.14. The molecule has 0 amide bonds. The fourth-order valence-electron chi connectivity index (χ4n) is 1.14. The van der Waals surface area contributed by atoms with E-state index in [-0.39, 0.29) is 5.97 Å². The van der Waals surface area contributed by atoms with Crippen LogP contribution >= 0.6 is 0 Å². The Morgan fingerprint density at radius 2 is 1.93 bits per heavy atom. The van der Waals surface area contributed by atoms with Crippen LogP contribution in [-0.2, 0) is 9.53 Å². The predicted octanol–water partition coefficient (Wildman–Crippen LogP) is 1.89. The maximum absolute atomic E-state index is 11.5. The third-order valence-corrected chi connectivity index (χ3v) is 1.97. The fourth-order valence-corrected chi connectivity index (χ4v) is 1.14. The molecular formula is C12H17NO2. The lowest BCUT2D eigenvalue weighted by atomic mass is 10.1. The Hall–Kier alpha value is -1.35. The van der Waals surface area contributed by atoms with E-state index in [0.29, 0.717) is 12.5 Å². The number of rotatable bonds is 4. The van der Waals surface area contributed by atoms with Crippen LogP contribution in [0.3, 0.4) is 0 Å². The van der Waals surface area contributed by atoms with Crippen molar-refractivity contribution in [2.75, 3.05) is 6.61 Å². The highest BCUT2D eigenvalue weighted by atomic mass is 16.5. The van der Waals surface area contributed by atoms with Gasteiger partial charge in [0.05, 0.1) is 6.61 Å². The van der Waals surface area contributed by atoms with Crippen LogP contribution in [0.5, 0.6) is 0 Å². The molecule has 0 aliphatic rings. The maximum Gasteiger partial charge on any atom is 0.327 e. The van der Waals surface area contributed by atoms with Crippen molar-refractivity contribution in [3.05, 3.63) is 35.9 Å². The second-order valence-electron chi connectivity index (χ2n) is 3.91. The molecule has 82 valence electrons. The van der Waals surface area contributed by atoms with Crippen molar-refractivity contribution in [2.24, 2.45) is 11.7 Å². The molecule has 1 atom stereocenters. The van der Waals surface area contributed by atoms with Crippen molar-refractivity contribution in [1.29, 1.82) is 0 Å². The Morgan fingerprint density at radius 3 is 2.47 bits per heavy atom. The quantitative estimate of drug-likeness (QED) is 0.767. The van der Waals surface area contributed by atoms with Crippen molar-refractivity contribution in [2.45, 2.75) is 19.9 Å². The molecule has 0 aromatic heterocycles. The summed E-state index contributed by atoms with van der Waals surface area (Å²) < 4.78 is 5.06. The van der Waals surface area contributed by atoms with Crippen molar-refractivity contribution in [3.63, 3.8) is 0 Å². The van der Waals surface area contributed by atoms with Crippen molar-refractivity contribution in [1.82, 2.24) is 0 Å². The Balaban J connectivity index is 2.54. The minimum absolute atomic E-state index is 0.330. The molecule has 0 saturated carbocycles. The summed E-state index contributed by atoms with van der Waals surface area (Å²) in [5.41, 5.74) is 6.53. The molecule has 0 unspecified atom stereocenters. The minimum atomic E-state index is -0.676. The lowest BCUT2D eigenvalue weighted by Crippen LogP contribution is -2.24. The summed E-state index contributed by atoms with van der Waals surface area (Å²) in [6.45, 7) is 4.39. The van der Waals surface area contributed by atoms with Gasteiger partial charge in [0.1, 0.15) is 6.04 Å². The molecule has 2 N–H and O–H groups in total. The van der Waals surface area contributed by atoms with E-state index in [1.54, 1.807) is 0 Å². The van der Waals surface area contributed by atoms with Crippen LogP contribution in [0.25, 0.3) is 0 Å². The van der Waals surface area contributed by atoms with Crippen LogP contribution < -0.4 is 5.73 Å². The minimum Gasteiger partial charge on any atom is -0.464 e. The standard InChI is InChI=1S/C12H17NO2/c1-9(2)8-15-12(14)11(13)10-6-4-3-5-7-10/h3-7,9,11H,8,13H2,1-2H3/t11-/m1/s1. The van der Waals surface area contributed by atoms with E-state index < -0.39 is 6.04 Å². The molecule has 0 bridgehead atoms. The molecule has 0 radical (unpaired) electrons. The molecule has 0 aliphatic heterocycles. The van der Waals surface area contributed by atoms with E-state index in [0.717, 1.165) is 5.56 Å². The van der Waals surface area contributed by atoms with Crippen molar-refractivity contribution in [3.8, 4) is 0 Å². The first-order valence-electron chi connectivity index (χ1n) is 5.08. The highest BCUT2D eigenvalue weighted by Gasteiger charge is 2.16. The normalized spacial score (nSPS) is 12.5. The van der Waals surface area contributed by atoms with Gasteiger partial charge in [-0.25, -0.2) is 4.79 Å². The van der Waals surface area contributed by atoms with E-state index in [4.69, 9.17) is 10.5 Å². The summed E-state index contributed by atoms with van der Waals surface area (Å²) in [5.74, 6) is -0.0353. The van der Waals surface area contributed by atoms with Gasteiger partial charge in [0.25, 0.3) is 0 Å². The lowest BCUT2D eigenvalue weighted by Gasteiger charge is -2.12. The zero-order valence-electron chi connectivity index (χ0n) is 9.14. The van der Waals surface area contributed by atoms with E-state index in [2.05, 4.69) is 0 Å². The maximum atomic E-state index is 11.5. The number of nitrogens with two attached hydrogens (primary N) is 1. The average Bonchev–Trinajstić information content (AvgIpc) is 2.26. The largest absolute Gasteiger partial charge is 0.464 e. The van der Waals surface area contributed by atoms with E-state index in [1.165, 1.54) is 0 Å². The number of hydrogen-bond acceptors (Lipinski definition) is 3. The van der Waals surface area contributed by atoms with Crippen molar-refractivity contribution >= 4 is 5.97 Å². The van der Waals surface area contributed by atoms with Gasteiger partial charge >= 0.3 is 5.97 Å². The molecule has 0 spiro atoms. The predicted molar refractivity (Wildman–Crippen MR) is 59.2 cm³/mol. The number of carbonyl (C=O) groups is 1. The van der Waals surface area contributed by atoms with Crippen molar-refractivity contribution < 1.29 is 9.53 Å². The topological polar surface area (TPSA) is 52.3 Å². The second-order valence-corrected chi connectivity index (χ2v) is 3.91. The van der Waals surface area contributed by atoms with Crippen LogP contribution in [0.15, 0.2) is 30.3 Å². The number of hydrogen-bond donors (Lipinski definition) is 1. The van der Waals surface area contributed by atoms with Gasteiger partial charge in [0.15, 0.2) is 0 Å². The molecule has 0 heterocycles. The van der Waals surface area contributed by atoms with Gasteiger partial charge in [-0.1, -0.05) is 44.2 Å². The van der Waals surface area contributed by atoms with Gasteiger partial charge in [-0.05, 0) is 11.5 Å². The third-order valence-electron chi connectivity index (χ3n) is 1.97. The van der Waals surface area contributed by atoms with Gasteiger partial charge in [-0.15, -0.1) is 0 Å². The molecular weight excluding hydrogens is 190 g/mol. The summed E-state index contributed by atoms with van der Waals surface area (Å²) in [7, 11) is 0. The third kappa shape index (κ3) is 3.72. The molecule has 1 aromatic carbocycles. The fraction of sp³-hybridized carbons (Fsp3) is 0.417. The number of esters is 1. The van der Waals surface area contributed by atoms with E-state index in [9.17, 15) is 4.79 Å². The van der Waals surface area contributed by atoms with Gasteiger partial charge in [-0.2, -0.15) is 0 Å². The van der Waals surface area contributed by atoms with Gasteiger partial charge in [0, 0.05) is 0 Å². The van der Waals surface area contributed by atoms with Gasteiger partial charge in [-0.3, -0.25) is 0 Å². The van der Waals surface area contributed by atoms with E-state index >= 15 is 0 Å². The molecule has 1 rings (SSSR count). The first-order valence-corrected chi connectivity index (χ1v) is 5.08. The molecule has 3 heteroatoms. The zero-order chi connectivity index (χ0) is 11.3. The highest BCUT2D eigenvalue weighted by molar-refractivity contribution is 5.77. The Labute approximate surface area is 90.2 Å². The Kier molecular flexibility index (Phi) is 4.31. The molecule has 15 heavy (non-hydrogen) atoms. The number of benzene rings is 1. The van der Waals surface area contributed by atoms with Crippen LogP contribution in [0.1, 0.15) is 25.5 Å². The monoisotopic (exact) mass is 207 g/mol.